The fraction of sp³-hybridized carbons (Fsp3) is 0.750. The summed E-state index contributed by atoms with van der Waals surface area (Å²) in [5.74, 6) is -1.34. The summed E-state index contributed by atoms with van der Waals surface area (Å²) in [6.07, 6.45) is -1.14. The van der Waals surface area contributed by atoms with Gasteiger partial charge in [-0.1, -0.05) is 6.92 Å². The van der Waals surface area contributed by atoms with Crippen LogP contribution in [0.15, 0.2) is 0 Å². The van der Waals surface area contributed by atoms with E-state index in [9.17, 15) is 18.0 Å². The number of carbonyl (C=O) groups is 2. The second-order valence-corrected chi connectivity index (χ2v) is 4.83. The molecule has 3 N–H and O–H groups in total. The maximum Gasteiger partial charge on any atom is 0.421 e. The molecule has 17 heavy (non-hydrogen) atoms. The van der Waals surface area contributed by atoms with Crippen LogP contribution in [0.4, 0.5) is 4.79 Å². The largest absolute Gasteiger partial charge is 0.480 e. The normalized spacial score (nSPS) is 14.8. The zero-order valence-electron chi connectivity index (χ0n) is 9.81. The highest BCUT2D eigenvalue weighted by Crippen LogP contribution is 2.10. The maximum absolute atomic E-state index is 11.4. The van der Waals surface area contributed by atoms with E-state index < -0.39 is 27.8 Å². The SMILES string of the molecule is CCOC(=O)NS(=O)(=O)NC(C)(CC)C(=O)O. The molecule has 0 saturated heterocycles. The Morgan fingerprint density at radius 3 is 2.24 bits per heavy atom. The minimum absolute atomic E-state index is 0.00529. The minimum atomic E-state index is -4.27. The fourth-order valence-corrected chi connectivity index (χ4v) is 2.01. The third-order valence-electron chi connectivity index (χ3n) is 2.03. The maximum atomic E-state index is 11.4. The Morgan fingerprint density at radius 2 is 1.88 bits per heavy atom. The van der Waals surface area contributed by atoms with Crippen molar-refractivity contribution in [3.05, 3.63) is 0 Å². The number of rotatable bonds is 6. The van der Waals surface area contributed by atoms with Gasteiger partial charge in [0.25, 0.3) is 0 Å². The molecule has 0 aliphatic carbocycles. The summed E-state index contributed by atoms with van der Waals surface area (Å²) in [5.41, 5.74) is -1.68. The van der Waals surface area contributed by atoms with Crippen LogP contribution in [-0.4, -0.2) is 37.7 Å². The number of aliphatic carboxylic acids is 1. The Morgan fingerprint density at radius 1 is 1.35 bits per heavy atom. The highest BCUT2D eigenvalue weighted by molar-refractivity contribution is 7.88. The molecule has 0 spiro atoms. The molecule has 9 heteroatoms. The van der Waals surface area contributed by atoms with Gasteiger partial charge in [-0.05, 0) is 20.3 Å². The lowest BCUT2D eigenvalue weighted by atomic mass is 10.0. The smallest absolute Gasteiger partial charge is 0.421 e. The van der Waals surface area contributed by atoms with Crippen LogP contribution in [0.1, 0.15) is 27.2 Å². The van der Waals surface area contributed by atoms with E-state index in [4.69, 9.17) is 5.11 Å². The average Bonchev–Trinajstić information content (AvgIpc) is 2.15. The van der Waals surface area contributed by atoms with E-state index in [2.05, 4.69) is 4.74 Å². The van der Waals surface area contributed by atoms with Crippen molar-refractivity contribution in [3.63, 3.8) is 0 Å². The van der Waals surface area contributed by atoms with Crippen molar-refractivity contribution in [2.24, 2.45) is 0 Å². The number of amides is 1. The van der Waals surface area contributed by atoms with Crippen LogP contribution in [0, 0.1) is 0 Å². The quantitative estimate of drug-likeness (QED) is 0.614. The number of ether oxygens (including phenoxy) is 1. The molecule has 0 radical (unpaired) electrons. The number of hydrogen-bond acceptors (Lipinski definition) is 5. The van der Waals surface area contributed by atoms with Crippen molar-refractivity contribution >= 4 is 22.3 Å². The van der Waals surface area contributed by atoms with E-state index in [0.29, 0.717) is 0 Å². The number of nitrogens with one attached hydrogen (secondary N) is 2. The summed E-state index contributed by atoms with van der Waals surface area (Å²) in [4.78, 5) is 21.8. The van der Waals surface area contributed by atoms with Crippen molar-refractivity contribution in [2.45, 2.75) is 32.7 Å². The van der Waals surface area contributed by atoms with Crippen molar-refractivity contribution in [1.82, 2.24) is 9.44 Å². The molecular weight excluding hydrogens is 252 g/mol. The Kier molecular flexibility index (Phi) is 5.36. The molecule has 0 heterocycles. The molecule has 0 saturated carbocycles. The first-order chi connectivity index (χ1) is 7.67. The van der Waals surface area contributed by atoms with Gasteiger partial charge in [0.1, 0.15) is 5.54 Å². The highest BCUT2D eigenvalue weighted by Gasteiger charge is 2.36. The van der Waals surface area contributed by atoms with Gasteiger partial charge in [-0.2, -0.15) is 13.1 Å². The molecule has 0 aromatic carbocycles. The van der Waals surface area contributed by atoms with Crippen LogP contribution < -0.4 is 9.44 Å². The van der Waals surface area contributed by atoms with Crippen molar-refractivity contribution < 1.29 is 27.9 Å². The number of hydrogen-bond donors (Lipinski definition) is 3. The summed E-state index contributed by atoms with van der Waals surface area (Å²) in [5, 5.41) is 8.86. The summed E-state index contributed by atoms with van der Waals surface area (Å²) in [6.45, 7) is 4.21. The first kappa shape index (κ1) is 15.7. The van der Waals surface area contributed by atoms with E-state index in [1.165, 1.54) is 25.5 Å². The molecular formula is C8H16N2O6S. The van der Waals surface area contributed by atoms with Crippen molar-refractivity contribution in [1.29, 1.82) is 0 Å². The predicted octanol–water partition coefficient (Wildman–Crippen LogP) is -0.180. The highest BCUT2D eigenvalue weighted by atomic mass is 32.2. The second kappa shape index (κ2) is 5.82. The molecule has 0 aliphatic heterocycles. The van der Waals surface area contributed by atoms with Crippen molar-refractivity contribution in [2.75, 3.05) is 6.61 Å². The third kappa shape index (κ3) is 5.00. The van der Waals surface area contributed by atoms with Gasteiger partial charge in [0.05, 0.1) is 6.61 Å². The van der Waals surface area contributed by atoms with Crippen LogP contribution in [0.3, 0.4) is 0 Å². The Bertz CT molecular complexity index is 393. The summed E-state index contributed by atoms with van der Waals surface area (Å²) >= 11 is 0. The molecule has 0 bridgehead atoms. The van der Waals surface area contributed by atoms with Gasteiger partial charge in [-0.3, -0.25) is 4.79 Å². The van der Waals surface area contributed by atoms with Gasteiger partial charge in [-0.25, -0.2) is 9.52 Å². The van der Waals surface area contributed by atoms with Crippen molar-refractivity contribution in [3.8, 4) is 0 Å². The summed E-state index contributed by atoms with van der Waals surface area (Å²) < 4.78 is 30.6. The van der Waals surface area contributed by atoms with E-state index in [0.717, 1.165) is 0 Å². The molecule has 1 atom stereocenters. The average molecular weight is 268 g/mol. The van der Waals surface area contributed by atoms with Crippen LogP contribution >= 0.6 is 0 Å². The third-order valence-corrected chi connectivity index (χ3v) is 3.19. The van der Waals surface area contributed by atoms with Gasteiger partial charge >= 0.3 is 22.3 Å². The van der Waals surface area contributed by atoms with Crippen LogP contribution in [0.5, 0.6) is 0 Å². The number of carbonyl (C=O) groups excluding carboxylic acids is 1. The molecule has 8 nitrogen and oxygen atoms in total. The van der Waals surface area contributed by atoms with E-state index in [-0.39, 0.29) is 13.0 Å². The fourth-order valence-electron chi connectivity index (χ4n) is 0.859. The zero-order valence-corrected chi connectivity index (χ0v) is 10.6. The van der Waals surface area contributed by atoms with Gasteiger partial charge in [0.15, 0.2) is 0 Å². The van der Waals surface area contributed by atoms with Crippen LogP contribution in [0.2, 0.25) is 0 Å². The molecule has 0 aromatic heterocycles. The molecule has 1 amide bonds. The minimum Gasteiger partial charge on any atom is -0.480 e. The lowest BCUT2D eigenvalue weighted by Gasteiger charge is -2.23. The van der Waals surface area contributed by atoms with E-state index in [1.54, 1.807) is 0 Å². The Labute approximate surface area is 99.5 Å². The van der Waals surface area contributed by atoms with E-state index >= 15 is 0 Å². The Balaban J connectivity index is 4.75. The lowest BCUT2D eigenvalue weighted by molar-refractivity contribution is -0.143. The molecule has 0 aliphatic rings. The molecule has 0 rings (SSSR count). The summed E-state index contributed by atoms with van der Waals surface area (Å²) in [6, 6.07) is 0. The van der Waals surface area contributed by atoms with Gasteiger partial charge in [-0.15, -0.1) is 0 Å². The standard InChI is InChI=1S/C8H16N2O6S/c1-4-8(3,6(11)12)10-17(14,15)9-7(13)16-5-2/h10H,4-5H2,1-3H3,(H,9,13)(H,11,12). The number of carboxylic acids is 1. The first-order valence-corrected chi connectivity index (χ1v) is 6.37. The monoisotopic (exact) mass is 268 g/mol. The Hall–Kier alpha value is -1.35. The summed E-state index contributed by atoms with van der Waals surface area (Å²) in [7, 11) is -4.27. The topological polar surface area (TPSA) is 122 Å². The first-order valence-electron chi connectivity index (χ1n) is 4.88. The van der Waals surface area contributed by atoms with Crippen LogP contribution in [-0.2, 0) is 19.7 Å². The van der Waals surface area contributed by atoms with Gasteiger partial charge < -0.3 is 9.84 Å². The van der Waals surface area contributed by atoms with Crippen LogP contribution in [0.25, 0.3) is 0 Å². The van der Waals surface area contributed by atoms with Gasteiger partial charge in [0, 0.05) is 0 Å². The molecule has 0 fully saturated rings. The molecule has 100 valence electrons. The predicted molar refractivity (Wildman–Crippen MR) is 58.5 cm³/mol. The lowest BCUT2D eigenvalue weighted by Crippen LogP contribution is -2.55. The van der Waals surface area contributed by atoms with E-state index in [1.807, 2.05) is 4.72 Å². The molecule has 1 unspecified atom stereocenters. The zero-order chi connectivity index (χ0) is 13.7. The van der Waals surface area contributed by atoms with Gasteiger partial charge in [0.2, 0.25) is 0 Å². The second-order valence-electron chi connectivity index (χ2n) is 3.42. The number of carboxylic acid groups (broad SMARTS) is 1. The molecule has 0 aromatic rings.